The SMILES string of the molecule is Cc1ccc(S(=O)(=O)N2CC(C)(CI)c3ccccc32)cc1. The molecule has 1 aliphatic rings. The molecule has 3 nitrogen and oxygen atoms in total. The molecule has 1 heterocycles. The van der Waals surface area contributed by atoms with Gasteiger partial charge in [-0.25, -0.2) is 8.42 Å². The van der Waals surface area contributed by atoms with Gasteiger partial charge in [0.2, 0.25) is 0 Å². The van der Waals surface area contributed by atoms with Gasteiger partial charge < -0.3 is 0 Å². The number of halogens is 1. The molecule has 2 aromatic carbocycles. The Morgan fingerprint density at radius 2 is 1.77 bits per heavy atom. The zero-order chi connectivity index (χ0) is 16.0. The Morgan fingerprint density at radius 3 is 2.41 bits per heavy atom. The molecule has 2 aromatic rings. The van der Waals surface area contributed by atoms with Crippen LogP contribution in [0.3, 0.4) is 0 Å². The number of rotatable bonds is 3. The summed E-state index contributed by atoms with van der Waals surface area (Å²) < 4.78 is 28.5. The van der Waals surface area contributed by atoms with E-state index in [0.29, 0.717) is 11.4 Å². The third-order valence-electron chi connectivity index (χ3n) is 4.22. The van der Waals surface area contributed by atoms with Gasteiger partial charge in [0, 0.05) is 16.4 Å². The van der Waals surface area contributed by atoms with E-state index in [1.165, 1.54) is 0 Å². The zero-order valence-corrected chi connectivity index (χ0v) is 15.6. The van der Waals surface area contributed by atoms with Crippen LogP contribution in [-0.2, 0) is 15.4 Å². The summed E-state index contributed by atoms with van der Waals surface area (Å²) in [7, 11) is -3.52. The van der Waals surface area contributed by atoms with E-state index in [9.17, 15) is 8.42 Å². The number of hydrogen-bond donors (Lipinski definition) is 0. The zero-order valence-electron chi connectivity index (χ0n) is 12.6. The number of sulfonamides is 1. The van der Waals surface area contributed by atoms with Crippen molar-refractivity contribution in [1.29, 1.82) is 0 Å². The van der Waals surface area contributed by atoms with Crippen LogP contribution >= 0.6 is 22.6 Å². The second-order valence-corrected chi connectivity index (χ2v) is 8.66. The van der Waals surface area contributed by atoms with Crippen molar-refractivity contribution in [3.63, 3.8) is 0 Å². The number of nitrogens with zero attached hydrogens (tertiary/aromatic N) is 1. The Balaban J connectivity index is 2.11. The Hall–Kier alpha value is -1.08. The van der Waals surface area contributed by atoms with E-state index in [0.717, 1.165) is 21.2 Å². The first-order valence-corrected chi connectivity index (χ1v) is 10.1. The second kappa shape index (κ2) is 5.53. The van der Waals surface area contributed by atoms with E-state index in [1.807, 2.05) is 43.3 Å². The monoisotopic (exact) mass is 427 g/mol. The Kier molecular flexibility index (Phi) is 3.97. The van der Waals surface area contributed by atoms with Gasteiger partial charge in [-0.15, -0.1) is 0 Å². The number of hydrogen-bond acceptors (Lipinski definition) is 2. The summed E-state index contributed by atoms with van der Waals surface area (Å²) in [6.45, 7) is 4.57. The van der Waals surface area contributed by atoms with Crippen molar-refractivity contribution >= 4 is 38.3 Å². The summed E-state index contributed by atoms with van der Waals surface area (Å²) in [6, 6.07) is 14.9. The van der Waals surface area contributed by atoms with Crippen molar-refractivity contribution < 1.29 is 8.42 Å². The Morgan fingerprint density at radius 1 is 1.14 bits per heavy atom. The minimum atomic E-state index is -3.52. The first kappa shape index (κ1) is 15.8. The predicted molar refractivity (Wildman–Crippen MR) is 98.4 cm³/mol. The van der Waals surface area contributed by atoms with Crippen molar-refractivity contribution in [2.45, 2.75) is 24.2 Å². The number of benzene rings is 2. The van der Waals surface area contributed by atoms with Gasteiger partial charge in [0.15, 0.2) is 0 Å². The average molecular weight is 427 g/mol. The topological polar surface area (TPSA) is 37.4 Å². The van der Waals surface area contributed by atoms with Crippen LogP contribution < -0.4 is 4.31 Å². The summed E-state index contributed by atoms with van der Waals surface area (Å²) in [5.74, 6) is 0. The van der Waals surface area contributed by atoms with Gasteiger partial charge in [-0.05, 0) is 30.7 Å². The van der Waals surface area contributed by atoms with Gasteiger partial charge in [-0.1, -0.05) is 65.4 Å². The smallest absolute Gasteiger partial charge is 0.264 e. The third-order valence-corrected chi connectivity index (χ3v) is 7.68. The van der Waals surface area contributed by atoms with Gasteiger partial charge in [0.05, 0.1) is 10.6 Å². The molecule has 5 heteroatoms. The molecule has 1 aliphatic heterocycles. The Bertz CT molecular complexity index is 802. The maximum Gasteiger partial charge on any atom is 0.264 e. The van der Waals surface area contributed by atoms with E-state index in [2.05, 4.69) is 29.5 Å². The minimum Gasteiger partial charge on any atom is -0.265 e. The molecule has 0 aromatic heterocycles. The molecule has 0 saturated heterocycles. The molecule has 1 atom stereocenters. The highest BCUT2D eigenvalue weighted by molar-refractivity contribution is 14.1. The van der Waals surface area contributed by atoms with Crippen LogP contribution in [0.15, 0.2) is 53.4 Å². The molecule has 116 valence electrons. The van der Waals surface area contributed by atoms with Crippen molar-refractivity contribution in [1.82, 2.24) is 0 Å². The first-order chi connectivity index (χ1) is 10.4. The lowest BCUT2D eigenvalue weighted by Crippen LogP contribution is -2.36. The molecule has 0 N–H and O–H groups in total. The fraction of sp³-hybridized carbons (Fsp3) is 0.294. The third kappa shape index (κ3) is 2.44. The van der Waals surface area contributed by atoms with Crippen LogP contribution in [0.25, 0.3) is 0 Å². The summed E-state index contributed by atoms with van der Waals surface area (Å²) in [6.07, 6.45) is 0. The van der Waals surface area contributed by atoms with Gasteiger partial charge in [-0.2, -0.15) is 0 Å². The second-order valence-electron chi connectivity index (χ2n) is 6.04. The van der Waals surface area contributed by atoms with E-state index < -0.39 is 10.0 Å². The summed E-state index contributed by atoms with van der Waals surface area (Å²) in [5.41, 5.74) is 2.83. The molecule has 0 fully saturated rings. The van der Waals surface area contributed by atoms with Crippen LogP contribution in [0.5, 0.6) is 0 Å². The lowest BCUT2D eigenvalue weighted by Gasteiger charge is -2.24. The van der Waals surface area contributed by atoms with Gasteiger partial charge in [0.25, 0.3) is 10.0 Å². The van der Waals surface area contributed by atoms with Crippen LogP contribution in [0, 0.1) is 6.92 Å². The highest BCUT2D eigenvalue weighted by Crippen LogP contribution is 2.44. The number of para-hydroxylation sites is 1. The number of fused-ring (bicyclic) bond motifs is 1. The number of alkyl halides is 1. The highest BCUT2D eigenvalue weighted by atomic mass is 127. The van der Waals surface area contributed by atoms with E-state index >= 15 is 0 Å². The number of aryl methyl sites for hydroxylation is 1. The molecule has 0 bridgehead atoms. The molecule has 22 heavy (non-hydrogen) atoms. The lowest BCUT2D eigenvalue weighted by atomic mass is 9.87. The molecule has 0 spiro atoms. The average Bonchev–Trinajstić information content (AvgIpc) is 2.83. The molecule has 3 rings (SSSR count). The van der Waals surface area contributed by atoms with Crippen molar-refractivity contribution in [3.05, 3.63) is 59.7 Å². The largest absolute Gasteiger partial charge is 0.265 e. The molecule has 1 unspecified atom stereocenters. The minimum absolute atomic E-state index is 0.144. The predicted octanol–water partition coefficient (Wildman–Crippen LogP) is 3.90. The molecule has 0 saturated carbocycles. The van der Waals surface area contributed by atoms with Crippen molar-refractivity contribution in [2.75, 3.05) is 15.3 Å². The Labute approximate surface area is 145 Å². The van der Waals surface area contributed by atoms with Gasteiger partial charge in [-0.3, -0.25) is 4.31 Å². The fourth-order valence-corrected chi connectivity index (χ4v) is 5.11. The van der Waals surface area contributed by atoms with Crippen molar-refractivity contribution in [3.8, 4) is 0 Å². The number of anilines is 1. The van der Waals surface area contributed by atoms with Gasteiger partial charge >= 0.3 is 0 Å². The van der Waals surface area contributed by atoms with Crippen molar-refractivity contribution in [2.24, 2.45) is 0 Å². The fourth-order valence-electron chi connectivity index (χ4n) is 2.85. The normalized spacial score (nSPS) is 21.0. The molecule has 0 aliphatic carbocycles. The van der Waals surface area contributed by atoms with Crippen LogP contribution in [-0.4, -0.2) is 19.4 Å². The van der Waals surface area contributed by atoms with E-state index in [4.69, 9.17) is 0 Å². The lowest BCUT2D eigenvalue weighted by molar-refractivity contribution is 0.565. The summed E-state index contributed by atoms with van der Waals surface area (Å²) in [5, 5.41) is 0. The van der Waals surface area contributed by atoms with Crippen LogP contribution in [0.1, 0.15) is 18.1 Å². The highest BCUT2D eigenvalue weighted by Gasteiger charge is 2.43. The molecule has 0 radical (unpaired) electrons. The van der Waals surface area contributed by atoms with Crippen LogP contribution in [0.2, 0.25) is 0 Å². The van der Waals surface area contributed by atoms with E-state index in [-0.39, 0.29) is 5.41 Å². The maximum atomic E-state index is 13.0. The summed E-state index contributed by atoms with van der Waals surface area (Å²) in [4.78, 5) is 0.352. The molecular weight excluding hydrogens is 409 g/mol. The maximum absolute atomic E-state index is 13.0. The molecule has 0 amide bonds. The van der Waals surface area contributed by atoms with E-state index in [1.54, 1.807) is 16.4 Å². The quantitative estimate of drug-likeness (QED) is 0.551. The van der Waals surface area contributed by atoms with Crippen LogP contribution in [0.4, 0.5) is 5.69 Å². The summed E-state index contributed by atoms with van der Waals surface area (Å²) >= 11 is 2.34. The standard InChI is InChI=1S/C17H18INO2S/c1-13-7-9-14(10-8-13)22(20,21)19-12-17(2,11-18)15-5-3-4-6-16(15)19/h3-10H,11-12H2,1-2H3. The molecular formula is C17H18INO2S. The first-order valence-electron chi connectivity index (χ1n) is 7.13. The van der Waals surface area contributed by atoms with Gasteiger partial charge in [0.1, 0.15) is 0 Å².